The molecule has 0 N–H and O–H groups in total. The second kappa shape index (κ2) is 31.1. The summed E-state index contributed by atoms with van der Waals surface area (Å²) < 4.78 is 54.9. The molecule has 4 aromatic carbocycles. The van der Waals surface area contributed by atoms with Gasteiger partial charge in [0.25, 0.3) is 0 Å². The van der Waals surface area contributed by atoms with Crippen LogP contribution in [0, 0.1) is 0 Å². The van der Waals surface area contributed by atoms with Crippen LogP contribution in [0.3, 0.4) is 0 Å². The molecule has 8 heteroatoms. The van der Waals surface area contributed by atoms with E-state index in [0.29, 0.717) is 52.9 Å². The second-order valence-corrected chi connectivity index (χ2v) is 20.2. The highest BCUT2D eigenvalue weighted by Crippen LogP contribution is 2.51. The molecule has 4 aromatic rings. The third-order valence-electron chi connectivity index (χ3n) is 14.3. The zero-order chi connectivity index (χ0) is 51.8. The molecule has 8 nitrogen and oxygen atoms in total. The fourth-order valence-corrected chi connectivity index (χ4v) is 9.37. The minimum Gasteiger partial charge on any atom is -0.493 e. The maximum Gasteiger partial charge on any atom is 0.126 e. The van der Waals surface area contributed by atoms with Crippen LogP contribution in [0.4, 0.5) is 0 Å². The third-order valence-corrected chi connectivity index (χ3v) is 14.3. The van der Waals surface area contributed by atoms with E-state index in [1.54, 1.807) is 0 Å². The Labute approximate surface area is 437 Å². The van der Waals surface area contributed by atoms with Gasteiger partial charge in [0.1, 0.15) is 46.0 Å². The molecule has 1 aliphatic carbocycles. The average Bonchev–Trinajstić information content (AvgIpc) is 3.38. The predicted molar refractivity (Wildman–Crippen MR) is 299 cm³/mol. The Hall–Kier alpha value is -4.72. The number of ether oxygens (including phenoxy) is 8. The standard InChI is InChI=1S/C64H96O8/c1-13-21-29-65-57-41-58(66-30-22-14-2)50-37-49(57)45(9)51-38-52(60(68-32-24-16-4)42-59(51)67-31-23-15-3)47(11)55-40-56(64(72-36-28-20-8)44-63(55)71-35-27-19-7)48(12)54-39-53(46(50)10)61(69-33-25-17-5)43-62(54)70-34-26-18-6/h37-48H,13-36H2,1-12H3. The van der Waals surface area contributed by atoms with Crippen molar-refractivity contribution in [2.75, 3.05) is 52.9 Å². The van der Waals surface area contributed by atoms with Crippen LogP contribution in [0.1, 0.15) is 254 Å². The van der Waals surface area contributed by atoms with Gasteiger partial charge >= 0.3 is 0 Å². The number of fused-ring (bicyclic) bond motifs is 8. The molecule has 0 atom stereocenters. The average molecular weight is 993 g/mol. The molecule has 5 rings (SSSR count). The molecule has 0 saturated heterocycles. The summed E-state index contributed by atoms with van der Waals surface area (Å²) in [5.41, 5.74) is 8.80. The number of hydrogen-bond donors (Lipinski definition) is 0. The molecule has 0 aliphatic heterocycles. The highest BCUT2D eigenvalue weighted by atomic mass is 16.5. The van der Waals surface area contributed by atoms with Crippen LogP contribution in [-0.2, 0) is 0 Å². The number of unbranched alkanes of at least 4 members (excludes halogenated alkanes) is 8. The van der Waals surface area contributed by atoms with Crippen molar-refractivity contribution >= 4 is 0 Å². The molecule has 0 heterocycles. The van der Waals surface area contributed by atoms with E-state index in [4.69, 9.17) is 37.9 Å². The Morgan fingerprint density at radius 3 is 0.458 bits per heavy atom. The summed E-state index contributed by atoms with van der Waals surface area (Å²) >= 11 is 0. The Morgan fingerprint density at radius 2 is 0.347 bits per heavy atom. The van der Waals surface area contributed by atoms with Crippen molar-refractivity contribution < 1.29 is 37.9 Å². The van der Waals surface area contributed by atoms with Crippen LogP contribution in [0.2, 0.25) is 0 Å². The van der Waals surface area contributed by atoms with Gasteiger partial charge in [-0.25, -0.2) is 0 Å². The van der Waals surface area contributed by atoms with Crippen LogP contribution in [0.15, 0.2) is 48.5 Å². The van der Waals surface area contributed by atoms with Gasteiger partial charge in [-0.2, -0.15) is 0 Å². The molecule has 1 aliphatic rings. The lowest BCUT2D eigenvalue weighted by Crippen LogP contribution is -2.14. The zero-order valence-electron chi connectivity index (χ0n) is 47.2. The number of benzene rings is 4. The van der Waals surface area contributed by atoms with Crippen LogP contribution >= 0.6 is 0 Å². The lowest BCUT2D eigenvalue weighted by atomic mass is 9.80. The molecule has 0 fully saturated rings. The van der Waals surface area contributed by atoms with Gasteiger partial charge < -0.3 is 37.9 Å². The van der Waals surface area contributed by atoms with E-state index in [2.05, 4.69) is 132 Å². The van der Waals surface area contributed by atoms with E-state index in [1.807, 2.05) is 0 Å². The van der Waals surface area contributed by atoms with Crippen molar-refractivity contribution in [3.8, 4) is 46.0 Å². The second-order valence-electron chi connectivity index (χ2n) is 20.2. The van der Waals surface area contributed by atoms with Crippen molar-refractivity contribution in [2.24, 2.45) is 0 Å². The summed E-state index contributed by atoms with van der Waals surface area (Å²) in [4.78, 5) is 0. The Kier molecular flexibility index (Phi) is 25.1. The SMILES string of the molecule is CCCCOc1cc(OCCCC)c2cc1C(C)c1cc(c(OCCCC)cc1OCCCC)C(C)c1cc(c(OCCCC)cc1OCCCC)C(C)c1cc(c(OCCCC)cc1OCCCC)C2C. The van der Waals surface area contributed by atoms with Crippen molar-refractivity contribution in [1.82, 2.24) is 0 Å². The first-order valence-electron chi connectivity index (χ1n) is 28.8. The molecule has 0 unspecified atom stereocenters. The fourth-order valence-electron chi connectivity index (χ4n) is 9.37. The van der Waals surface area contributed by atoms with Crippen molar-refractivity contribution in [2.45, 2.75) is 209 Å². The highest BCUT2D eigenvalue weighted by molar-refractivity contribution is 5.63. The summed E-state index contributed by atoms with van der Waals surface area (Å²) in [5.74, 6) is 6.25. The molecule has 0 radical (unpaired) electrons. The van der Waals surface area contributed by atoms with Gasteiger partial charge in [0.05, 0.1) is 52.9 Å². The molecule has 0 aromatic heterocycles. The van der Waals surface area contributed by atoms with Gasteiger partial charge in [0.15, 0.2) is 0 Å². The van der Waals surface area contributed by atoms with Crippen LogP contribution in [0.5, 0.6) is 46.0 Å². The third kappa shape index (κ3) is 15.7. The fraction of sp³-hybridized carbons (Fsp3) is 0.625. The Balaban J connectivity index is 1.99. The summed E-state index contributed by atoms with van der Waals surface area (Å²) in [5, 5.41) is 0. The van der Waals surface area contributed by atoms with Crippen LogP contribution < -0.4 is 37.9 Å². The lowest BCUT2D eigenvalue weighted by Gasteiger charge is -2.30. The van der Waals surface area contributed by atoms with E-state index >= 15 is 0 Å². The first kappa shape index (κ1) is 58.2. The topological polar surface area (TPSA) is 73.8 Å². The molecular formula is C64H96O8. The summed E-state index contributed by atoms with van der Waals surface area (Å²) in [6, 6.07) is 18.2. The molecule has 0 saturated carbocycles. The molecule has 0 amide bonds. The number of hydrogen-bond acceptors (Lipinski definition) is 8. The monoisotopic (exact) mass is 993 g/mol. The smallest absolute Gasteiger partial charge is 0.126 e. The van der Waals surface area contributed by atoms with E-state index < -0.39 is 0 Å². The number of rotatable bonds is 32. The first-order chi connectivity index (χ1) is 35.1. The minimum absolute atomic E-state index is 0.132. The summed E-state index contributed by atoms with van der Waals surface area (Å²) in [7, 11) is 0. The maximum atomic E-state index is 6.87. The maximum absolute atomic E-state index is 6.87. The van der Waals surface area contributed by atoms with E-state index in [-0.39, 0.29) is 23.7 Å². The summed E-state index contributed by atoms with van der Waals surface area (Å²) in [6.45, 7) is 31.9. The zero-order valence-corrected chi connectivity index (χ0v) is 47.2. The summed E-state index contributed by atoms with van der Waals surface area (Å²) in [6.07, 6.45) is 15.9. The lowest BCUT2D eigenvalue weighted by molar-refractivity contribution is 0.284. The van der Waals surface area contributed by atoms with Gasteiger partial charge in [-0.15, -0.1) is 0 Å². The van der Waals surface area contributed by atoms with Gasteiger partial charge in [-0.3, -0.25) is 0 Å². The van der Waals surface area contributed by atoms with E-state index in [9.17, 15) is 0 Å². The minimum atomic E-state index is -0.132. The molecule has 400 valence electrons. The Bertz CT molecular complexity index is 1770. The Morgan fingerprint density at radius 1 is 0.222 bits per heavy atom. The van der Waals surface area contributed by atoms with Gasteiger partial charge in [-0.05, 0) is 75.6 Å². The van der Waals surface area contributed by atoms with Crippen LogP contribution in [-0.4, -0.2) is 52.9 Å². The molecule has 8 bridgehead atoms. The van der Waals surface area contributed by atoms with Gasteiger partial charge in [0.2, 0.25) is 0 Å². The predicted octanol–water partition coefficient (Wildman–Crippen LogP) is 18.0. The molecule has 72 heavy (non-hydrogen) atoms. The van der Waals surface area contributed by atoms with Crippen molar-refractivity contribution in [3.63, 3.8) is 0 Å². The van der Waals surface area contributed by atoms with E-state index in [0.717, 1.165) is 193 Å². The molecule has 0 spiro atoms. The van der Waals surface area contributed by atoms with Crippen molar-refractivity contribution in [3.05, 3.63) is 93.0 Å². The highest BCUT2D eigenvalue weighted by Gasteiger charge is 2.32. The first-order valence-corrected chi connectivity index (χ1v) is 28.8. The van der Waals surface area contributed by atoms with E-state index in [1.165, 1.54) is 0 Å². The largest absolute Gasteiger partial charge is 0.493 e. The normalized spacial score (nSPS) is 16.3. The van der Waals surface area contributed by atoms with Gasteiger partial charge in [-0.1, -0.05) is 134 Å². The van der Waals surface area contributed by atoms with Crippen molar-refractivity contribution in [1.29, 1.82) is 0 Å². The van der Waals surface area contributed by atoms with Crippen LogP contribution in [0.25, 0.3) is 0 Å². The van der Waals surface area contributed by atoms with Gasteiger partial charge in [0, 0.05) is 92.4 Å². The molecular weight excluding hydrogens is 897 g/mol. The quantitative estimate of drug-likeness (QED) is 0.0448.